The van der Waals surface area contributed by atoms with Crippen molar-refractivity contribution in [3.8, 4) is 0 Å². The standard InChI is InChI=1S/C14H18ClN3O/c1-10(12-6-4-3-5-7-12)8-9-16-14-18-17-13(19-14)11(2)15/h3-7,10-11H,8-9H2,1-2H3,(H,16,18). The van der Waals surface area contributed by atoms with Gasteiger partial charge in [-0.15, -0.1) is 16.7 Å². The van der Waals surface area contributed by atoms with Gasteiger partial charge in [-0.3, -0.25) is 0 Å². The molecule has 5 heteroatoms. The molecule has 2 atom stereocenters. The van der Waals surface area contributed by atoms with Gasteiger partial charge in [0, 0.05) is 6.54 Å². The Labute approximate surface area is 118 Å². The first-order chi connectivity index (χ1) is 9.16. The number of nitrogens with one attached hydrogen (secondary N) is 1. The van der Waals surface area contributed by atoms with E-state index in [0.29, 0.717) is 17.8 Å². The van der Waals surface area contributed by atoms with E-state index in [-0.39, 0.29) is 5.38 Å². The number of anilines is 1. The Morgan fingerprint density at radius 1 is 1.21 bits per heavy atom. The fourth-order valence-electron chi connectivity index (χ4n) is 1.81. The van der Waals surface area contributed by atoms with E-state index in [0.717, 1.165) is 13.0 Å². The van der Waals surface area contributed by atoms with Gasteiger partial charge < -0.3 is 9.73 Å². The Morgan fingerprint density at radius 3 is 2.58 bits per heavy atom. The number of halogens is 1. The molecule has 0 fully saturated rings. The monoisotopic (exact) mass is 279 g/mol. The second-order valence-electron chi connectivity index (χ2n) is 4.59. The second kappa shape index (κ2) is 6.57. The fourth-order valence-corrected chi connectivity index (χ4v) is 1.90. The summed E-state index contributed by atoms with van der Waals surface area (Å²) in [5.74, 6) is 0.934. The van der Waals surface area contributed by atoms with Crippen molar-refractivity contribution in [3.05, 3.63) is 41.8 Å². The molecule has 0 aliphatic heterocycles. The first kappa shape index (κ1) is 13.9. The highest BCUT2D eigenvalue weighted by molar-refractivity contribution is 6.20. The third kappa shape index (κ3) is 3.96. The molecule has 4 nitrogen and oxygen atoms in total. The van der Waals surface area contributed by atoms with E-state index in [2.05, 4.69) is 46.7 Å². The van der Waals surface area contributed by atoms with Gasteiger partial charge in [-0.1, -0.05) is 42.4 Å². The molecule has 0 bridgehead atoms. The van der Waals surface area contributed by atoms with Crippen molar-refractivity contribution >= 4 is 17.6 Å². The van der Waals surface area contributed by atoms with Gasteiger partial charge in [0.2, 0.25) is 5.89 Å². The van der Waals surface area contributed by atoms with Crippen LogP contribution in [0, 0.1) is 0 Å². The van der Waals surface area contributed by atoms with Crippen LogP contribution in [0.15, 0.2) is 34.7 Å². The summed E-state index contributed by atoms with van der Waals surface area (Å²) < 4.78 is 5.37. The number of hydrogen-bond donors (Lipinski definition) is 1. The van der Waals surface area contributed by atoms with Crippen LogP contribution in [0.2, 0.25) is 0 Å². The Kier molecular flexibility index (Phi) is 4.80. The van der Waals surface area contributed by atoms with Gasteiger partial charge in [0.25, 0.3) is 0 Å². The van der Waals surface area contributed by atoms with E-state index >= 15 is 0 Å². The molecular weight excluding hydrogens is 262 g/mol. The molecular formula is C14H18ClN3O. The van der Waals surface area contributed by atoms with Crippen LogP contribution < -0.4 is 5.32 Å². The highest BCUT2D eigenvalue weighted by atomic mass is 35.5. The molecule has 0 saturated heterocycles. The van der Waals surface area contributed by atoms with Crippen molar-refractivity contribution in [2.45, 2.75) is 31.6 Å². The number of benzene rings is 1. The van der Waals surface area contributed by atoms with Crippen molar-refractivity contribution in [3.63, 3.8) is 0 Å². The lowest BCUT2D eigenvalue weighted by Crippen LogP contribution is -2.06. The maximum atomic E-state index is 5.86. The van der Waals surface area contributed by atoms with Crippen LogP contribution in [0.1, 0.15) is 43.0 Å². The maximum Gasteiger partial charge on any atom is 0.315 e. The van der Waals surface area contributed by atoms with Gasteiger partial charge in [-0.25, -0.2) is 0 Å². The topological polar surface area (TPSA) is 51.0 Å². The minimum Gasteiger partial charge on any atom is -0.407 e. The largest absolute Gasteiger partial charge is 0.407 e. The predicted octanol–water partition coefficient (Wildman–Crippen LogP) is 3.98. The van der Waals surface area contributed by atoms with Crippen LogP contribution >= 0.6 is 11.6 Å². The lowest BCUT2D eigenvalue weighted by Gasteiger charge is -2.11. The molecule has 2 rings (SSSR count). The van der Waals surface area contributed by atoms with E-state index in [1.54, 1.807) is 6.92 Å². The molecule has 0 radical (unpaired) electrons. The molecule has 1 aromatic heterocycles. The highest BCUT2D eigenvalue weighted by Crippen LogP contribution is 2.21. The smallest absolute Gasteiger partial charge is 0.315 e. The molecule has 19 heavy (non-hydrogen) atoms. The average molecular weight is 280 g/mol. The molecule has 1 N–H and O–H groups in total. The van der Waals surface area contributed by atoms with Crippen molar-refractivity contribution in [1.82, 2.24) is 10.2 Å². The van der Waals surface area contributed by atoms with E-state index in [1.807, 2.05) is 6.07 Å². The van der Waals surface area contributed by atoms with Crippen molar-refractivity contribution in [2.24, 2.45) is 0 Å². The Bertz CT molecular complexity index is 498. The summed E-state index contributed by atoms with van der Waals surface area (Å²) in [5, 5.41) is 10.6. The normalized spacial score (nSPS) is 14.1. The van der Waals surface area contributed by atoms with Crippen molar-refractivity contribution in [2.75, 3.05) is 11.9 Å². The fraction of sp³-hybridized carbons (Fsp3) is 0.429. The van der Waals surface area contributed by atoms with Gasteiger partial charge in [0.1, 0.15) is 5.38 Å². The number of hydrogen-bond acceptors (Lipinski definition) is 4. The minimum atomic E-state index is -0.258. The molecule has 1 aromatic carbocycles. The van der Waals surface area contributed by atoms with Gasteiger partial charge in [0.15, 0.2) is 0 Å². The first-order valence-corrected chi connectivity index (χ1v) is 6.86. The molecule has 102 valence electrons. The molecule has 0 amide bonds. The Hall–Kier alpha value is -1.55. The quantitative estimate of drug-likeness (QED) is 0.813. The number of nitrogens with zero attached hydrogens (tertiary/aromatic N) is 2. The number of rotatable bonds is 6. The highest BCUT2D eigenvalue weighted by Gasteiger charge is 2.11. The van der Waals surface area contributed by atoms with Gasteiger partial charge in [-0.05, 0) is 24.8 Å². The van der Waals surface area contributed by atoms with Crippen LogP contribution in [0.3, 0.4) is 0 Å². The third-order valence-corrected chi connectivity index (χ3v) is 3.19. The van der Waals surface area contributed by atoms with Crippen LogP contribution in [-0.4, -0.2) is 16.7 Å². The summed E-state index contributed by atoms with van der Waals surface area (Å²) >= 11 is 5.86. The zero-order valence-electron chi connectivity index (χ0n) is 11.1. The summed E-state index contributed by atoms with van der Waals surface area (Å²) in [4.78, 5) is 0. The molecule has 0 aliphatic rings. The number of alkyl halides is 1. The summed E-state index contributed by atoms with van der Waals surface area (Å²) in [5.41, 5.74) is 1.34. The molecule has 0 spiro atoms. The SMILES string of the molecule is CC(Cl)c1nnc(NCCC(C)c2ccccc2)o1. The summed E-state index contributed by atoms with van der Waals surface area (Å²) in [6.07, 6.45) is 0.998. The van der Waals surface area contributed by atoms with Crippen LogP contribution in [-0.2, 0) is 0 Å². The summed E-state index contributed by atoms with van der Waals surface area (Å²) in [6, 6.07) is 10.9. The lowest BCUT2D eigenvalue weighted by molar-refractivity contribution is 0.504. The first-order valence-electron chi connectivity index (χ1n) is 6.43. The van der Waals surface area contributed by atoms with Crippen molar-refractivity contribution in [1.29, 1.82) is 0 Å². The Morgan fingerprint density at radius 2 is 1.95 bits per heavy atom. The van der Waals surface area contributed by atoms with E-state index in [4.69, 9.17) is 16.0 Å². The van der Waals surface area contributed by atoms with E-state index in [9.17, 15) is 0 Å². The van der Waals surface area contributed by atoms with Gasteiger partial charge >= 0.3 is 6.01 Å². The van der Waals surface area contributed by atoms with Crippen LogP contribution in [0.25, 0.3) is 0 Å². The number of aromatic nitrogens is 2. The molecule has 2 aromatic rings. The third-order valence-electron chi connectivity index (χ3n) is 3.00. The summed E-state index contributed by atoms with van der Waals surface area (Å²) in [7, 11) is 0. The molecule has 2 unspecified atom stereocenters. The van der Waals surface area contributed by atoms with E-state index < -0.39 is 0 Å². The maximum absolute atomic E-state index is 5.86. The van der Waals surface area contributed by atoms with Gasteiger partial charge in [-0.2, -0.15) is 0 Å². The summed E-state index contributed by atoms with van der Waals surface area (Å²) in [6.45, 7) is 4.79. The predicted molar refractivity (Wildman–Crippen MR) is 76.5 cm³/mol. The zero-order valence-corrected chi connectivity index (χ0v) is 11.9. The molecule has 0 aliphatic carbocycles. The van der Waals surface area contributed by atoms with Crippen molar-refractivity contribution < 1.29 is 4.42 Å². The van der Waals surface area contributed by atoms with Crippen LogP contribution in [0.4, 0.5) is 6.01 Å². The second-order valence-corrected chi connectivity index (χ2v) is 5.24. The lowest BCUT2D eigenvalue weighted by atomic mass is 9.98. The van der Waals surface area contributed by atoms with Crippen LogP contribution in [0.5, 0.6) is 0 Å². The Balaban J connectivity index is 1.80. The molecule has 0 saturated carbocycles. The molecule has 1 heterocycles. The van der Waals surface area contributed by atoms with E-state index in [1.165, 1.54) is 5.56 Å². The average Bonchev–Trinajstić information content (AvgIpc) is 2.89. The zero-order chi connectivity index (χ0) is 13.7. The minimum absolute atomic E-state index is 0.258. The van der Waals surface area contributed by atoms with Gasteiger partial charge in [0.05, 0.1) is 0 Å².